The van der Waals surface area contributed by atoms with Crippen molar-refractivity contribution in [3.05, 3.63) is 70.2 Å². The van der Waals surface area contributed by atoms with Crippen molar-refractivity contribution in [3.8, 4) is 0 Å². The zero-order valence-corrected chi connectivity index (χ0v) is 17.7. The van der Waals surface area contributed by atoms with E-state index >= 15 is 0 Å². The Labute approximate surface area is 178 Å². The molecule has 29 heavy (non-hydrogen) atoms. The Bertz CT molecular complexity index is 835. The van der Waals surface area contributed by atoms with Crippen LogP contribution in [-0.4, -0.2) is 36.4 Å². The number of nitrogens with one attached hydrogen (secondary N) is 2. The molecule has 5 nitrogen and oxygen atoms in total. The number of benzene rings is 2. The summed E-state index contributed by atoms with van der Waals surface area (Å²) in [4.78, 5) is 18.4. The van der Waals surface area contributed by atoms with Crippen LogP contribution in [0.3, 0.4) is 0 Å². The third-order valence-electron chi connectivity index (χ3n) is 4.98. The lowest BCUT2D eigenvalue weighted by atomic mass is 10.1. The Hall–Kier alpha value is -2.53. The van der Waals surface area contributed by atoms with Crippen LogP contribution in [0.5, 0.6) is 0 Å². The van der Waals surface area contributed by atoms with Gasteiger partial charge in [0, 0.05) is 37.6 Å². The van der Waals surface area contributed by atoms with Gasteiger partial charge in [-0.2, -0.15) is 0 Å². The number of carbonyl (C=O) groups is 1. The average molecular weight is 413 g/mol. The van der Waals surface area contributed by atoms with E-state index in [1.165, 1.54) is 0 Å². The molecule has 0 atom stereocenters. The van der Waals surface area contributed by atoms with Gasteiger partial charge in [0.25, 0.3) is 0 Å². The molecule has 3 rings (SSSR count). The minimum Gasteiger partial charge on any atom is -0.357 e. The number of rotatable bonds is 8. The molecule has 0 saturated carbocycles. The molecule has 1 saturated heterocycles. The predicted octanol–water partition coefficient (Wildman–Crippen LogP) is 3.76. The predicted molar refractivity (Wildman–Crippen MR) is 119 cm³/mol. The lowest BCUT2D eigenvalue weighted by molar-refractivity contribution is -0.128. The summed E-state index contributed by atoms with van der Waals surface area (Å²) in [5.41, 5.74) is 3.44. The van der Waals surface area contributed by atoms with Crippen LogP contribution >= 0.6 is 11.6 Å². The van der Waals surface area contributed by atoms with Crippen molar-refractivity contribution in [2.45, 2.75) is 39.3 Å². The number of carbonyl (C=O) groups excluding carboxylic acids is 1. The van der Waals surface area contributed by atoms with Crippen LogP contribution < -0.4 is 10.6 Å². The minimum atomic E-state index is 0.261. The first-order chi connectivity index (χ1) is 14.2. The van der Waals surface area contributed by atoms with Crippen LogP contribution in [0.2, 0.25) is 5.02 Å². The molecule has 1 aliphatic heterocycles. The Balaban J connectivity index is 1.51. The molecular formula is C23H29ClN4O. The first-order valence-corrected chi connectivity index (χ1v) is 10.6. The molecule has 1 heterocycles. The van der Waals surface area contributed by atoms with Gasteiger partial charge in [-0.3, -0.25) is 4.79 Å². The number of hydrogen-bond donors (Lipinski definition) is 2. The van der Waals surface area contributed by atoms with Crippen molar-refractivity contribution < 1.29 is 4.79 Å². The summed E-state index contributed by atoms with van der Waals surface area (Å²) in [6.07, 6.45) is 2.50. The Morgan fingerprint density at radius 1 is 1.10 bits per heavy atom. The molecule has 0 unspecified atom stereocenters. The Kier molecular flexibility index (Phi) is 7.94. The van der Waals surface area contributed by atoms with Crippen LogP contribution in [0, 0.1) is 0 Å². The third kappa shape index (κ3) is 6.50. The minimum absolute atomic E-state index is 0.261. The number of hydrogen-bond acceptors (Lipinski definition) is 2. The topological polar surface area (TPSA) is 56.7 Å². The monoisotopic (exact) mass is 412 g/mol. The van der Waals surface area contributed by atoms with Crippen molar-refractivity contribution in [2.24, 2.45) is 4.99 Å². The van der Waals surface area contributed by atoms with E-state index in [1.54, 1.807) is 0 Å². The molecule has 6 heteroatoms. The van der Waals surface area contributed by atoms with Gasteiger partial charge in [0.15, 0.2) is 5.96 Å². The van der Waals surface area contributed by atoms with Crippen LogP contribution in [0.25, 0.3) is 0 Å². The zero-order chi connectivity index (χ0) is 20.5. The second kappa shape index (κ2) is 10.9. The maximum Gasteiger partial charge on any atom is 0.222 e. The zero-order valence-electron chi connectivity index (χ0n) is 17.0. The largest absolute Gasteiger partial charge is 0.357 e. The number of aliphatic imine (C=N–C) groups is 1. The smallest absolute Gasteiger partial charge is 0.222 e. The van der Waals surface area contributed by atoms with E-state index < -0.39 is 0 Å². The molecule has 0 spiro atoms. The highest BCUT2D eigenvalue weighted by atomic mass is 35.5. The lowest BCUT2D eigenvalue weighted by Crippen LogP contribution is -2.38. The Morgan fingerprint density at radius 3 is 2.55 bits per heavy atom. The third-order valence-corrected chi connectivity index (χ3v) is 5.35. The molecule has 0 aromatic heterocycles. The number of amides is 1. The van der Waals surface area contributed by atoms with Crippen molar-refractivity contribution >= 4 is 23.5 Å². The molecule has 2 aromatic rings. The van der Waals surface area contributed by atoms with Crippen LogP contribution in [-0.2, 0) is 24.3 Å². The fourth-order valence-electron chi connectivity index (χ4n) is 3.37. The van der Waals surface area contributed by atoms with Gasteiger partial charge in [0.05, 0.1) is 6.54 Å². The van der Waals surface area contributed by atoms with Gasteiger partial charge in [-0.1, -0.05) is 54.1 Å². The fraction of sp³-hybridized carbons (Fsp3) is 0.391. The van der Waals surface area contributed by atoms with E-state index in [0.29, 0.717) is 19.5 Å². The van der Waals surface area contributed by atoms with Gasteiger partial charge in [0.2, 0.25) is 5.91 Å². The van der Waals surface area contributed by atoms with Crippen LogP contribution in [0.1, 0.15) is 36.5 Å². The normalized spacial score (nSPS) is 14.3. The molecule has 0 aliphatic carbocycles. The van der Waals surface area contributed by atoms with Crippen molar-refractivity contribution in [1.82, 2.24) is 15.5 Å². The summed E-state index contributed by atoms with van der Waals surface area (Å²) in [5, 5.41) is 7.45. The number of likely N-dealkylation sites (tertiary alicyclic amines) is 1. The molecule has 1 amide bonds. The molecule has 0 radical (unpaired) electrons. The highest BCUT2D eigenvalue weighted by Gasteiger charge is 2.19. The van der Waals surface area contributed by atoms with E-state index in [0.717, 1.165) is 60.1 Å². The number of guanidine groups is 1. The average Bonchev–Trinajstić information content (AvgIpc) is 3.13. The quantitative estimate of drug-likeness (QED) is 0.512. The van der Waals surface area contributed by atoms with E-state index in [1.807, 2.05) is 29.2 Å². The van der Waals surface area contributed by atoms with Crippen molar-refractivity contribution in [2.75, 3.05) is 19.6 Å². The molecular weight excluding hydrogens is 384 g/mol. The van der Waals surface area contributed by atoms with E-state index in [-0.39, 0.29) is 5.91 Å². The van der Waals surface area contributed by atoms with Gasteiger partial charge in [-0.25, -0.2) is 4.99 Å². The Morgan fingerprint density at radius 2 is 1.86 bits per heavy atom. The van der Waals surface area contributed by atoms with E-state index in [9.17, 15) is 4.79 Å². The maximum absolute atomic E-state index is 11.8. The van der Waals surface area contributed by atoms with Crippen molar-refractivity contribution in [1.29, 1.82) is 0 Å². The van der Waals surface area contributed by atoms with Crippen LogP contribution in [0.15, 0.2) is 53.5 Å². The van der Waals surface area contributed by atoms with Crippen molar-refractivity contribution in [3.63, 3.8) is 0 Å². The second-order valence-electron chi connectivity index (χ2n) is 7.20. The molecule has 1 fully saturated rings. The first-order valence-electron chi connectivity index (χ1n) is 10.3. The fourth-order valence-corrected chi connectivity index (χ4v) is 3.60. The molecule has 2 N–H and O–H groups in total. The van der Waals surface area contributed by atoms with Gasteiger partial charge < -0.3 is 15.5 Å². The molecule has 154 valence electrons. The van der Waals surface area contributed by atoms with E-state index in [4.69, 9.17) is 11.6 Å². The summed E-state index contributed by atoms with van der Waals surface area (Å²) in [6.45, 7) is 5.80. The second-order valence-corrected chi connectivity index (χ2v) is 7.61. The highest BCUT2D eigenvalue weighted by Crippen LogP contribution is 2.16. The number of halogens is 1. The van der Waals surface area contributed by atoms with Crippen LogP contribution in [0.4, 0.5) is 0 Å². The van der Waals surface area contributed by atoms with Gasteiger partial charge in [-0.05, 0) is 42.5 Å². The standard InChI is InChI=1S/C23H29ClN4O/c1-2-25-23(26-14-13-20-6-3-4-7-21(20)24)27-16-18-9-11-19(12-10-18)17-28-15-5-8-22(28)29/h3-4,6-7,9-12H,2,5,8,13-17H2,1H3,(H2,25,26,27). The van der Waals surface area contributed by atoms with Gasteiger partial charge in [0.1, 0.15) is 0 Å². The summed E-state index contributed by atoms with van der Waals surface area (Å²) >= 11 is 6.22. The molecule has 2 aromatic carbocycles. The molecule has 0 bridgehead atoms. The summed E-state index contributed by atoms with van der Waals surface area (Å²) in [5.74, 6) is 1.06. The number of nitrogens with zero attached hydrogens (tertiary/aromatic N) is 2. The summed E-state index contributed by atoms with van der Waals surface area (Å²) in [7, 11) is 0. The summed E-state index contributed by atoms with van der Waals surface area (Å²) < 4.78 is 0. The van der Waals surface area contributed by atoms with Gasteiger partial charge in [-0.15, -0.1) is 0 Å². The highest BCUT2D eigenvalue weighted by molar-refractivity contribution is 6.31. The molecule has 1 aliphatic rings. The van der Waals surface area contributed by atoms with E-state index in [2.05, 4.69) is 46.8 Å². The van der Waals surface area contributed by atoms with Gasteiger partial charge >= 0.3 is 0 Å². The summed E-state index contributed by atoms with van der Waals surface area (Å²) in [6, 6.07) is 16.3. The maximum atomic E-state index is 11.8. The lowest BCUT2D eigenvalue weighted by Gasteiger charge is -2.15. The first kappa shape index (κ1) is 21.2. The SMILES string of the molecule is CCNC(=NCc1ccc(CN2CCCC2=O)cc1)NCCc1ccccc1Cl.